The quantitative estimate of drug-likeness (QED) is 0.847. The highest BCUT2D eigenvalue weighted by molar-refractivity contribution is 7.92. The van der Waals surface area contributed by atoms with E-state index >= 15 is 0 Å². The largest absolute Gasteiger partial charge is 0.486 e. The Labute approximate surface area is 158 Å². The van der Waals surface area contributed by atoms with Crippen LogP contribution in [0, 0.1) is 0 Å². The molecule has 0 aliphatic carbocycles. The number of sulfonamides is 1. The van der Waals surface area contributed by atoms with E-state index in [9.17, 15) is 13.2 Å². The maximum atomic E-state index is 12.6. The van der Waals surface area contributed by atoms with Crippen LogP contribution in [-0.4, -0.2) is 40.8 Å². The van der Waals surface area contributed by atoms with Gasteiger partial charge in [-0.3, -0.25) is 9.10 Å². The number of carbonyl (C=O) groups is 1. The van der Waals surface area contributed by atoms with E-state index in [0.29, 0.717) is 36.0 Å². The van der Waals surface area contributed by atoms with E-state index in [4.69, 9.17) is 9.47 Å². The topological polar surface area (TPSA) is 84.9 Å². The molecule has 0 spiro atoms. The van der Waals surface area contributed by atoms with E-state index in [0.717, 1.165) is 16.1 Å². The molecule has 1 amide bonds. The van der Waals surface area contributed by atoms with Crippen LogP contribution in [-0.2, 0) is 10.0 Å². The third-order valence-electron chi connectivity index (χ3n) is 4.38. The third kappa shape index (κ3) is 4.33. The van der Waals surface area contributed by atoms with Crippen molar-refractivity contribution in [2.75, 3.05) is 30.8 Å². The monoisotopic (exact) mass is 390 g/mol. The van der Waals surface area contributed by atoms with Crippen LogP contribution in [0.15, 0.2) is 42.5 Å². The predicted octanol–water partition coefficient (Wildman–Crippen LogP) is 2.34. The highest BCUT2D eigenvalue weighted by atomic mass is 32.2. The molecule has 7 nitrogen and oxygen atoms in total. The fourth-order valence-corrected chi connectivity index (χ4v) is 3.22. The Kier molecular flexibility index (Phi) is 5.27. The number of fused-ring (bicyclic) bond motifs is 1. The first-order valence-electron chi connectivity index (χ1n) is 8.50. The van der Waals surface area contributed by atoms with Gasteiger partial charge in [-0.1, -0.05) is 12.1 Å². The lowest BCUT2D eigenvalue weighted by Gasteiger charge is -2.21. The zero-order valence-electron chi connectivity index (χ0n) is 15.4. The molecule has 8 heteroatoms. The lowest BCUT2D eigenvalue weighted by atomic mass is 10.1. The summed E-state index contributed by atoms with van der Waals surface area (Å²) in [7, 11) is -1.95. The molecule has 144 valence electrons. The molecule has 1 heterocycles. The van der Waals surface area contributed by atoms with Gasteiger partial charge in [0.1, 0.15) is 13.2 Å². The van der Waals surface area contributed by atoms with Crippen LogP contribution in [0.3, 0.4) is 0 Å². The summed E-state index contributed by atoms with van der Waals surface area (Å²) in [5, 5.41) is 2.92. The normalized spacial score (nSPS) is 14.3. The van der Waals surface area contributed by atoms with Gasteiger partial charge in [0.05, 0.1) is 18.0 Å². The average Bonchev–Trinajstić information content (AvgIpc) is 2.66. The number of rotatable bonds is 5. The summed E-state index contributed by atoms with van der Waals surface area (Å²) < 4.78 is 35.6. The fraction of sp³-hybridized carbons (Fsp3) is 0.316. The van der Waals surface area contributed by atoms with Crippen molar-refractivity contribution < 1.29 is 22.7 Å². The van der Waals surface area contributed by atoms with E-state index in [1.165, 1.54) is 7.05 Å². The molecular weight excluding hydrogens is 368 g/mol. The maximum Gasteiger partial charge on any atom is 0.251 e. The molecule has 2 aromatic rings. The number of amides is 1. The van der Waals surface area contributed by atoms with Gasteiger partial charge in [0.25, 0.3) is 5.91 Å². The van der Waals surface area contributed by atoms with Gasteiger partial charge in [-0.15, -0.1) is 0 Å². The SMILES string of the molecule is C[C@H](NC(=O)c1cccc(N(C)S(C)(=O)=O)c1)c1ccc2c(c1)OCCO2. The van der Waals surface area contributed by atoms with E-state index < -0.39 is 10.0 Å². The minimum absolute atomic E-state index is 0.260. The molecule has 0 aromatic heterocycles. The van der Waals surface area contributed by atoms with Gasteiger partial charge in [0.15, 0.2) is 11.5 Å². The lowest BCUT2D eigenvalue weighted by molar-refractivity contribution is 0.0939. The van der Waals surface area contributed by atoms with Crippen molar-refractivity contribution in [2.24, 2.45) is 0 Å². The second-order valence-corrected chi connectivity index (χ2v) is 8.39. The number of benzene rings is 2. The fourth-order valence-electron chi connectivity index (χ4n) is 2.73. The highest BCUT2D eigenvalue weighted by Gasteiger charge is 2.18. The summed E-state index contributed by atoms with van der Waals surface area (Å²) in [6.07, 6.45) is 1.11. The van der Waals surface area contributed by atoms with E-state index in [-0.39, 0.29) is 11.9 Å². The Hall–Kier alpha value is -2.74. The Morgan fingerprint density at radius 1 is 1.11 bits per heavy atom. The average molecular weight is 390 g/mol. The molecule has 1 aliphatic rings. The van der Waals surface area contributed by atoms with Gasteiger partial charge in [-0.05, 0) is 42.8 Å². The number of anilines is 1. The zero-order valence-corrected chi connectivity index (χ0v) is 16.2. The summed E-state index contributed by atoms with van der Waals surface area (Å²) >= 11 is 0. The van der Waals surface area contributed by atoms with Crippen LogP contribution in [0.5, 0.6) is 11.5 Å². The Bertz CT molecular complexity index is 958. The van der Waals surface area contributed by atoms with Crippen molar-refractivity contribution in [2.45, 2.75) is 13.0 Å². The van der Waals surface area contributed by atoms with Gasteiger partial charge < -0.3 is 14.8 Å². The second kappa shape index (κ2) is 7.48. The lowest BCUT2D eigenvalue weighted by Crippen LogP contribution is -2.28. The van der Waals surface area contributed by atoms with Crippen molar-refractivity contribution >= 4 is 21.6 Å². The summed E-state index contributed by atoms with van der Waals surface area (Å²) in [5.74, 6) is 1.07. The van der Waals surface area contributed by atoms with Crippen LogP contribution in [0.25, 0.3) is 0 Å². The van der Waals surface area contributed by atoms with Crippen LogP contribution in [0.4, 0.5) is 5.69 Å². The Morgan fingerprint density at radius 3 is 2.52 bits per heavy atom. The molecule has 0 saturated carbocycles. The maximum absolute atomic E-state index is 12.6. The van der Waals surface area contributed by atoms with Crippen LogP contribution >= 0.6 is 0 Å². The minimum Gasteiger partial charge on any atom is -0.486 e. The van der Waals surface area contributed by atoms with Crippen molar-refractivity contribution in [1.82, 2.24) is 5.32 Å². The van der Waals surface area contributed by atoms with Gasteiger partial charge in [-0.25, -0.2) is 8.42 Å². The van der Waals surface area contributed by atoms with Crippen molar-refractivity contribution in [1.29, 1.82) is 0 Å². The van der Waals surface area contributed by atoms with Crippen LogP contribution in [0.2, 0.25) is 0 Å². The van der Waals surface area contributed by atoms with Gasteiger partial charge in [0.2, 0.25) is 10.0 Å². The number of hydrogen-bond acceptors (Lipinski definition) is 5. The number of hydrogen-bond donors (Lipinski definition) is 1. The molecule has 0 unspecified atom stereocenters. The minimum atomic E-state index is -3.40. The Balaban J connectivity index is 1.75. The van der Waals surface area contributed by atoms with Crippen molar-refractivity contribution in [3.05, 3.63) is 53.6 Å². The molecule has 0 bridgehead atoms. The smallest absolute Gasteiger partial charge is 0.251 e. The number of ether oxygens (including phenoxy) is 2. The molecule has 27 heavy (non-hydrogen) atoms. The molecule has 1 N–H and O–H groups in total. The molecule has 1 aliphatic heterocycles. The number of nitrogens with one attached hydrogen (secondary N) is 1. The predicted molar refractivity (Wildman–Crippen MR) is 103 cm³/mol. The molecular formula is C19H22N2O5S. The summed E-state index contributed by atoms with van der Waals surface area (Å²) in [4.78, 5) is 12.6. The second-order valence-electron chi connectivity index (χ2n) is 6.38. The van der Waals surface area contributed by atoms with Gasteiger partial charge in [0, 0.05) is 12.6 Å². The molecule has 0 fully saturated rings. The van der Waals surface area contributed by atoms with Gasteiger partial charge in [-0.2, -0.15) is 0 Å². The first-order valence-corrected chi connectivity index (χ1v) is 10.3. The standard InChI is InChI=1S/C19H22N2O5S/c1-13(14-7-8-17-18(12-14)26-10-9-25-17)20-19(22)15-5-4-6-16(11-15)21(2)27(3,23)24/h4-8,11-13H,9-10H2,1-3H3,(H,20,22)/t13-/m0/s1. The number of carbonyl (C=O) groups excluding carboxylic acids is 1. The first-order chi connectivity index (χ1) is 12.8. The summed E-state index contributed by atoms with van der Waals surface area (Å²) in [6, 6.07) is 11.8. The van der Waals surface area contributed by atoms with E-state index in [2.05, 4.69) is 5.32 Å². The van der Waals surface area contributed by atoms with Gasteiger partial charge >= 0.3 is 0 Å². The van der Waals surface area contributed by atoms with E-state index in [1.807, 2.05) is 25.1 Å². The molecule has 3 rings (SSSR count). The molecule has 2 aromatic carbocycles. The van der Waals surface area contributed by atoms with Crippen LogP contribution in [0.1, 0.15) is 28.9 Å². The Morgan fingerprint density at radius 2 is 1.81 bits per heavy atom. The third-order valence-corrected chi connectivity index (χ3v) is 5.59. The number of nitrogens with zero attached hydrogens (tertiary/aromatic N) is 1. The zero-order chi connectivity index (χ0) is 19.6. The van der Waals surface area contributed by atoms with Crippen molar-refractivity contribution in [3.63, 3.8) is 0 Å². The molecule has 0 radical (unpaired) electrons. The highest BCUT2D eigenvalue weighted by Crippen LogP contribution is 2.32. The molecule has 0 saturated heterocycles. The first kappa shape index (κ1) is 19.0. The van der Waals surface area contributed by atoms with E-state index in [1.54, 1.807) is 24.3 Å². The molecule has 1 atom stereocenters. The van der Waals surface area contributed by atoms with Crippen molar-refractivity contribution in [3.8, 4) is 11.5 Å². The van der Waals surface area contributed by atoms with Crippen LogP contribution < -0.4 is 19.1 Å². The summed E-state index contributed by atoms with van der Waals surface area (Å²) in [5.41, 5.74) is 1.70. The summed E-state index contributed by atoms with van der Waals surface area (Å²) in [6.45, 7) is 2.89.